The van der Waals surface area contributed by atoms with Gasteiger partial charge in [0.1, 0.15) is 11.6 Å². The van der Waals surface area contributed by atoms with E-state index in [4.69, 9.17) is 0 Å². The minimum Gasteiger partial charge on any atom is -0.508 e. The molecule has 2 aliphatic heterocycles. The number of anilines is 1. The van der Waals surface area contributed by atoms with Crippen LogP contribution in [0.25, 0.3) is 0 Å². The van der Waals surface area contributed by atoms with Gasteiger partial charge in [0.2, 0.25) is 0 Å². The highest BCUT2D eigenvalue weighted by atomic mass is 19.4. The molecule has 2 aromatic rings. The third-order valence-corrected chi connectivity index (χ3v) is 6.25. The van der Waals surface area contributed by atoms with Gasteiger partial charge >= 0.3 is 6.18 Å². The molecule has 1 aromatic heterocycles. The number of phenols is 1. The van der Waals surface area contributed by atoms with Crippen LogP contribution in [0.5, 0.6) is 5.75 Å². The summed E-state index contributed by atoms with van der Waals surface area (Å²) in [7, 11) is 0. The molecule has 0 radical (unpaired) electrons. The zero-order chi connectivity index (χ0) is 23.8. The third kappa shape index (κ3) is 5.38. The summed E-state index contributed by atoms with van der Waals surface area (Å²) in [6, 6.07) is 4.31. The van der Waals surface area contributed by atoms with Gasteiger partial charge in [-0.1, -0.05) is 0 Å². The van der Waals surface area contributed by atoms with Crippen LogP contribution in [0.15, 0.2) is 30.5 Å². The number of hydrogen-bond acceptors (Lipinski definition) is 5. The molecule has 4 rings (SSSR count). The lowest BCUT2D eigenvalue weighted by Crippen LogP contribution is -2.54. The predicted molar refractivity (Wildman–Crippen MR) is 115 cm³/mol. The maximum absolute atomic E-state index is 14.9. The van der Waals surface area contributed by atoms with E-state index in [0.29, 0.717) is 29.9 Å². The number of rotatable bonds is 7. The monoisotopic (exact) mass is 470 g/mol. The summed E-state index contributed by atoms with van der Waals surface area (Å²) in [6.07, 6.45) is -2.22. The first-order chi connectivity index (χ1) is 15.6. The number of halogens is 5. The van der Waals surface area contributed by atoms with Gasteiger partial charge in [-0.3, -0.25) is 19.2 Å². The van der Waals surface area contributed by atoms with Crippen molar-refractivity contribution in [1.82, 2.24) is 14.8 Å². The maximum atomic E-state index is 14.9. The molecule has 0 unspecified atom stereocenters. The third-order valence-electron chi connectivity index (χ3n) is 6.25. The van der Waals surface area contributed by atoms with Gasteiger partial charge in [0, 0.05) is 37.3 Å². The zero-order valence-corrected chi connectivity index (χ0v) is 18.2. The number of fused-ring (bicyclic) bond motifs is 1. The number of hydrogen-bond donors (Lipinski definition) is 2. The highest BCUT2D eigenvalue weighted by molar-refractivity contribution is 5.47. The molecule has 5 nitrogen and oxygen atoms in total. The highest BCUT2D eigenvalue weighted by Crippen LogP contribution is 2.41. The van der Waals surface area contributed by atoms with Gasteiger partial charge in [0.05, 0.1) is 42.9 Å². The summed E-state index contributed by atoms with van der Waals surface area (Å²) in [5.74, 6) is -1.00. The first-order valence-electron chi connectivity index (χ1n) is 11.0. The van der Waals surface area contributed by atoms with Crippen LogP contribution >= 0.6 is 0 Å². The molecule has 10 heteroatoms. The minimum atomic E-state index is -4.46. The fraction of sp³-hybridized carbons (Fsp3) is 0.522. The Hall–Kier alpha value is -2.46. The Morgan fingerprint density at radius 1 is 1.21 bits per heavy atom. The van der Waals surface area contributed by atoms with Crippen LogP contribution in [0.2, 0.25) is 0 Å². The molecule has 1 aromatic carbocycles. The van der Waals surface area contributed by atoms with Gasteiger partial charge in [-0.2, -0.15) is 13.2 Å². The van der Waals surface area contributed by atoms with Crippen LogP contribution in [0.3, 0.4) is 0 Å². The topological polar surface area (TPSA) is 51.6 Å². The molecule has 1 fully saturated rings. The van der Waals surface area contributed by atoms with Crippen molar-refractivity contribution in [2.75, 3.05) is 38.2 Å². The van der Waals surface area contributed by atoms with E-state index in [2.05, 4.69) is 15.2 Å². The van der Waals surface area contributed by atoms with Gasteiger partial charge < -0.3 is 10.4 Å². The van der Waals surface area contributed by atoms with Crippen LogP contribution in [0.4, 0.5) is 27.6 Å². The molecule has 0 saturated carbocycles. The maximum Gasteiger partial charge on any atom is 0.401 e. The number of nitrogens with zero attached hydrogens (tertiary/aromatic N) is 3. The van der Waals surface area contributed by atoms with Crippen molar-refractivity contribution in [2.24, 2.45) is 0 Å². The summed E-state index contributed by atoms with van der Waals surface area (Å²) < 4.78 is 67.3. The molecular formula is C23H27F5N4O. The lowest BCUT2D eigenvalue weighted by atomic mass is 9.86. The largest absolute Gasteiger partial charge is 0.508 e. The zero-order valence-electron chi connectivity index (χ0n) is 18.2. The van der Waals surface area contributed by atoms with Gasteiger partial charge in [-0.05, 0) is 43.5 Å². The fourth-order valence-electron chi connectivity index (χ4n) is 4.78. The molecule has 2 N–H and O–H groups in total. The lowest BCUT2D eigenvalue weighted by molar-refractivity contribution is -0.155. The predicted octanol–water partition coefficient (Wildman–Crippen LogP) is 4.28. The molecule has 0 spiro atoms. The Balaban J connectivity index is 1.57. The first kappa shape index (κ1) is 23.7. The second-order valence-corrected chi connectivity index (χ2v) is 8.86. The van der Waals surface area contributed by atoms with E-state index in [9.17, 15) is 27.1 Å². The van der Waals surface area contributed by atoms with E-state index >= 15 is 0 Å². The Labute approximate surface area is 189 Å². The first-order valence-corrected chi connectivity index (χ1v) is 11.0. The van der Waals surface area contributed by atoms with Gasteiger partial charge in [0.15, 0.2) is 0 Å². The number of likely N-dealkylation sites (tertiary alicyclic amines) is 1. The number of aromatic hydroxyl groups is 1. The van der Waals surface area contributed by atoms with Crippen molar-refractivity contribution in [3.63, 3.8) is 0 Å². The average molecular weight is 470 g/mol. The Morgan fingerprint density at radius 2 is 1.97 bits per heavy atom. The second-order valence-electron chi connectivity index (χ2n) is 8.86. The SMILES string of the molecule is C[C@@H]1Cc2cc(O)cc(F)c2[C@@H](c2ccc(NC3CN(CCCF)C3)cn2)N1CC(F)(F)F. The number of pyridine rings is 1. The average Bonchev–Trinajstić information content (AvgIpc) is 2.70. The lowest BCUT2D eigenvalue weighted by Gasteiger charge is -2.42. The van der Waals surface area contributed by atoms with E-state index in [1.807, 2.05) is 0 Å². The van der Waals surface area contributed by atoms with Crippen molar-refractivity contribution in [1.29, 1.82) is 0 Å². The summed E-state index contributed by atoms with van der Waals surface area (Å²) in [5.41, 5.74) is 1.62. The Kier molecular flexibility index (Phi) is 6.76. The number of nitrogens with one attached hydrogen (secondary N) is 1. The molecule has 2 aliphatic rings. The molecule has 33 heavy (non-hydrogen) atoms. The van der Waals surface area contributed by atoms with Crippen molar-refractivity contribution >= 4 is 5.69 Å². The number of benzene rings is 1. The van der Waals surface area contributed by atoms with Gasteiger partial charge in [-0.25, -0.2) is 4.39 Å². The molecule has 0 bridgehead atoms. The van der Waals surface area contributed by atoms with Crippen molar-refractivity contribution in [3.05, 3.63) is 53.1 Å². The second kappa shape index (κ2) is 9.42. The van der Waals surface area contributed by atoms with E-state index in [0.717, 1.165) is 19.2 Å². The number of alkyl halides is 4. The quantitative estimate of drug-likeness (QED) is 0.592. The molecule has 180 valence electrons. The van der Waals surface area contributed by atoms with Crippen molar-refractivity contribution in [3.8, 4) is 5.75 Å². The number of phenolic OH excluding ortho intramolecular Hbond substituents is 1. The van der Waals surface area contributed by atoms with Crippen LogP contribution < -0.4 is 5.32 Å². The summed E-state index contributed by atoms with van der Waals surface area (Å²) in [6.45, 7) is 2.39. The molecule has 0 aliphatic carbocycles. The summed E-state index contributed by atoms with van der Waals surface area (Å²) >= 11 is 0. The van der Waals surface area contributed by atoms with E-state index in [1.165, 1.54) is 11.0 Å². The Bertz CT molecular complexity index is 963. The minimum absolute atomic E-state index is 0.117. The molecular weight excluding hydrogens is 443 g/mol. The van der Waals surface area contributed by atoms with E-state index in [-0.39, 0.29) is 30.5 Å². The fourth-order valence-corrected chi connectivity index (χ4v) is 4.78. The molecule has 2 atom stereocenters. The summed E-state index contributed by atoms with van der Waals surface area (Å²) in [5, 5.41) is 13.1. The number of aromatic nitrogens is 1. The van der Waals surface area contributed by atoms with Crippen LogP contribution in [0.1, 0.15) is 36.2 Å². The standard InChI is InChI=1S/C23H27F5N4O/c1-14-7-15-8-18(33)9-19(25)21(15)22(32(14)13-23(26,27)28)20-4-3-16(10-29-20)30-17-11-31(12-17)6-2-5-24/h3-4,8-10,14,17,22,30,33H,2,5-7,11-13H2,1H3/t14-,22-/m1/s1. The molecule has 0 amide bonds. The van der Waals surface area contributed by atoms with E-state index in [1.54, 1.807) is 25.3 Å². The summed E-state index contributed by atoms with van der Waals surface area (Å²) in [4.78, 5) is 7.74. The van der Waals surface area contributed by atoms with Crippen LogP contribution in [-0.4, -0.2) is 71.0 Å². The van der Waals surface area contributed by atoms with Gasteiger partial charge in [-0.15, -0.1) is 0 Å². The highest BCUT2D eigenvalue weighted by Gasteiger charge is 2.42. The van der Waals surface area contributed by atoms with Crippen molar-refractivity contribution in [2.45, 2.75) is 44.1 Å². The van der Waals surface area contributed by atoms with Crippen LogP contribution in [0, 0.1) is 5.82 Å². The smallest absolute Gasteiger partial charge is 0.401 e. The molecule has 1 saturated heterocycles. The van der Waals surface area contributed by atoms with Gasteiger partial charge in [0.25, 0.3) is 0 Å². The molecule has 3 heterocycles. The van der Waals surface area contributed by atoms with Crippen LogP contribution in [-0.2, 0) is 6.42 Å². The Morgan fingerprint density at radius 3 is 2.61 bits per heavy atom. The normalized spacial score (nSPS) is 22.1. The van der Waals surface area contributed by atoms with E-state index < -0.39 is 30.6 Å². The van der Waals surface area contributed by atoms with Crippen molar-refractivity contribution < 1.29 is 27.1 Å².